The van der Waals surface area contributed by atoms with Gasteiger partial charge in [-0.2, -0.15) is 0 Å². The van der Waals surface area contributed by atoms with Crippen molar-refractivity contribution in [2.45, 2.75) is 88.5 Å². The number of carbonyl (C=O) groups excluding carboxylic acids is 5. The standard InChI is InChI=1S/C48H50O20S2/c1-17-15-23-26-27-29-32(31-28(26)33(35(55)39(23)59-7)37(57)46(42(31)61-9)69-13-11-49)43(62-10)47(38(58)34(29)36(56)41(60-8)30(27)25(17)18(2)50)70-14-12-63-48-45(67-22(6)54)44(66-21(5)53)40(65-20(4)52)24(68-48)16-64-19(3)51/h24,40,44-45,48-49,55-56H,11-16H2,1-10H3/t24-,40-,44+,45-,48-/m1/s1. The van der Waals surface area contributed by atoms with Gasteiger partial charge in [-0.05, 0) is 25.7 Å². The third kappa shape index (κ3) is 8.68. The van der Waals surface area contributed by atoms with Crippen LogP contribution in [0.5, 0.6) is 34.5 Å². The summed E-state index contributed by atoms with van der Waals surface area (Å²) in [6, 6.07) is 0. The Balaban J connectivity index is 1.49. The average Bonchev–Trinajstić information content (AvgIpc) is 3.42. The maximum Gasteiger partial charge on any atom is 0.303 e. The number of aliphatic hydroxyl groups is 1. The summed E-state index contributed by atoms with van der Waals surface area (Å²) in [7, 11) is 5.23. The number of phenols is 2. The fraction of sp³-hybridized carbons (Fsp3) is 0.438. The van der Waals surface area contributed by atoms with E-state index in [1.807, 2.05) is 0 Å². The van der Waals surface area contributed by atoms with Gasteiger partial charge in [0.05, 0.1) is 62.2 Å². The molecule has 2 aliphatic rings. The van der Waals surface area contributed by atoms with Crippen molar-refractivity contribution in [2.24, 2.45) is 0 Å². The molecule has 22 heteroatoms. The first kappa shape index (κ1) is 51.5. The highest BCUT2D eigenvalue weighted by Crippen LogP contribution is 2.60. The number of ketones is 1. The molecule has 374 valence electrons. The van der Waals surface area contributed by atoms with E-state index in [9.17, 15) is 44.1 Å². The van der Waals surface area contributed by atoms with Gasteiger partial charge in [-0.15, -0.1) is 23.5 Å². The Kier molecular flexibility index (Phi) is 15.1. The van der Waals surface area contributed by atoms with Crippen LogP contribution >= 0.6 is 23.5 Å². The Morgan fingerprint density at radius 1 is 0.614 bits per heavy atom. The fourth-order valence-electron chi connectivity index (χ4n) is 9.61. The van der Waals surface area contributed by atoms with Crippen molar-refractivity contribution in [1.82, 2.24) is 0 Å². The number of carbonyl (C=O) groups is 5. The quantitative estimate of drug-likeness (QED) is 0.0271. The van der Waals surface area contributed by atoms with Crippen molar-refractivity contribution in [3.05, 3.63) is 37.1 Å². The maximum atomic E-state index is 15.3. The molecule has 1 saturated heterocycles. The van der Waals surface area contributed by atoms with E-state index in [0.717, 1.165) is 51.2 Å². The number of rotatable bonds is 18. The van der Waals surface area contributed by atoms with Crippen LogP contribution in [0.3, 0.4) is 0 Å². The van der Waals surface area contributed by atoms with Crippen molar-refractivity contribution in [3.8, 4) is 34.5 Å². The summed E-state index contributed by atoms with van der Waals surface area (Å²) in [5.41, 5.74) is -0.268. The lowest BCUT2D eigenvalue weighted by atomic mass is 9.82. The summed E-state index contributed by atoms with van der Waals surface area (Å²) in [4.78, 5) is 92.7. The minimum absolute atomic E-state index is 0.000981. The number of aliphatic hydroxyl groups excluding tert-OH is 1. The third-order valence-electron chi connectivity index (χ3n) is 11.9. The number of methoxy groups -OCH3 is 4. The van der Waals surface area contributed by atoms with Gasteiger partial charge in [-0.3, -0.25) is 33.6 Å². The van der Waals surface area contributed by atoms with Crippen molar-refractivity contribution in [3.63, 3.8) is 0 Å². The van der Waals surface area contributed by atoms with Crippen LogP contribution in [0.25, 0.3) is 48.7 Å². The van der Waals surface area contributed by atoms with E-state index in [1.54, 1.807) is 6.92 Å². The van der Waals surface area contributed by atoms with Crippen molar-refractivity contribution < 1.29 is 86.7 Å². The van der Waals surface area contributed by atoms with E-state index < -0.39 is 89.3 Å². The normalized spacial score (nSPS) is 18.9. The van der Waals surface area contributed by atoms with Gasteiger partial charge in [0.1, 0.15) is 24.2 Å². The Hall–Kier alpha value is -6.33. The predicted molar refractivity (Wildman–Crippen MR) is 254 cm³/mol. The lowest BCUT2D eigenvalue weighted by molar-refractivity contribution is -0.307. The van der Waals surface area contributed by atoms with Crippen molar-refractivity contribution in [1.29, 1.82) is 0 Å². The largest absolute Gasteiger partial charge is 0.504 e. The number of aromatic hydroxyl groups is 2. The van der Waals surface area contributed by atoms with Crippen LogP contribution in [0.15, 0.2) is 25.0 Å². The van der Waals surface area contributed by atoms with E-state index in [2.05, 4.69) is 0 Å². The second kappa shape index (κ2) is 20.6. The van der Waals surface area contributed by atoms with Gasteiger partial charge in [0.2, 0.25) is 10.9 Å². The maximum absolute atomic E-state index is 15.3. The van der Waals surface area contributed by atoms with Gasteiger partial charge in [0.25, 0.3) is 0 Å². The number of phenolic OH excluding ortho intramolecular Hbond substituents is 2. The van der Waals surface area contributed by atoms with Gasteiger partial charge in [0, 0.05) is 82.8 Å². The molecular formula is C48H50O20S2. The lowest BCUT2D eigenvalue weighted by Gasteiger charge is -2.44. The molecule has 0 unspecified atom stereocenters. The first-order chi connectivity index (χ1) is 33.3. The van der Waals surface area contributed by atoms with Crippen LogP contribution in [-0.2, 0) is 58.8 Å². The number of fused-ring (bicyclic) bond motifs is 1. The Labute approximate surface area is 407 Å². The second-order valence-electron chi connectivity index (χ2n) is 16.2. The van der Waals surface area contributed by atoms with E-state index in [-0.39, 0.29) is 113 Å². The highest BCUT2D eigenvalue weighted by atomic mass is 32.2. The molecule has 5 atom stereocenters. The molecule has 7 rings (SSSR count). The summed E-state index contributed by atoms with van der Waals surface area (Å²) in [6.45, 7) is 6.29. The van der Waals surface area contributed by atoms with Gasteiger partial charge in [0.15, 0.2) is 53.4 Å². The second-order valence-corrected chi connectivity index (χ2v) is 18.5. The van der Waals surface area contributed by atoms with Crippen LogP contribution in [0.2, 0.25) is 0 Å². The summed E-state index contributed by atoms with van der Waals surface area (Å²) in [5, 5.41) is 35.1. The number of Topliss-reactive ketones (excluding diaryl/α,β-unsaturated/α-hetero) is 1. The van der Waals surface area contributed by atoms with Crippen LogP contribution in [0, 0.1) is 0 Å². The molecule has 0 spiro atoms. The molecule has 1 aliphatic carbocycles. The molecule has 1 heterocycles. The molecular weight excluding hydrogens is 961 g/mol. The first-order valence-electron chi connectivity index (χ1n) is 21.6. The number of allylic oxidation sites excluding steroid dienone is 2. The summed E-state index contributed by atoms with van der Waals surface area (Å²) < 4.78 is 57.8. The van der Waals surface area contributed by atoms with Crippen LogP contribution in [0.4, 0.5) is 0 Å². The average molecular weight is 1010 g/mol. The van der Waals surface area contributed by atoms with Crippen LogP contribution < -0.4 is 29.8 Å². The molecule has 3 N–H and O–H groups in total. The Morgan fingerprint density at radius 3 is 1.61 bits per heavy atom. The highest BCUT2D eigenvalue weighted by molar-refractivity contribution is 7.99. The molecule has 0 saturated carbocycles. The molecule has 0 bridgehead atoms. The lowest BCUT2D eigenvalue weighted by Crippen LogP contribution is -2.63. The summed E-state index contributed by atoms with van der Waals surface area (Å²) in [5.74, 6) is -5.16. The van der Waals surface area contributed by atoms with E-state index in [4.69, 9.17) is 47.4 Å². The number of esters is 4. The van der Waals surface area contributed by atoms with Crippen LogP contribution in [0.1, 0.15) is 52.7 Å². The molecule has 70 heavy (non-hydrogen) atoms. The van der Waals surface area contributed by atoms with Gasteiger partial charge < -0.3 is 62.7 Å². The summed E-state index contributed by atoms with van der Waals surface area (Å²) >= 11 is 1.87. The van der Waals surface area contributed by atoms with Crippen LogP contribution in [-0.4, -0.2) is 135 Å². The smallest absolute Gasteiger partial charge is 0.303 e. The molecule has 0 amide bonds. The number of thioether (sulfide) groups is 2. The molecule has 5 aromatic rings. The Morgan fingerprint density at radius 2 is 1.11 bits per heavy atom. The summed E-state index contributed by atoms with van der Waals surface area (Å²) in [6.07, 6.45) is -7.31. The molecule has 1 aliphatic heterocycles. The molecule has 1 fully saturated rings. The predicted octanol–water partition coefficient (Wildman–Crippen LogP) is 4.54. The van der Waals surface area contributed by atoms with Crippen molar-refractivity contribution in [2.75, 3.05) is 59.8 Å². The topological polar surface area (TPSA) is 272 Å². The van der Waals surface area contributed by atoms with E-state index in [1.165, 1.54) is 35.4 Å². The number of ether oxygens (including phenoxy) is 10. The van der Waals surface area contributed by atoms with Gasteiger partial charge in [-0.1, -0.05) is 5.57 Å². The highest BCUT2D eigenvalue weighted by Gasteiger charge is 2.53. The Bertz CT molecular complexity index is 3130. The van der Waals surface area contributed by atoms with E-state index in [0.29, 0.717) is 16.5 Å². The molecule has 20 nitrogen and oxygen atoms in total. The SMILES string of the molecule is COc1c(O)c2c(=O)c(SCCO)c(OC)c3c4c(OC)c(SCCO[C@@H]5O[C@H](COC(C)=O)[C@@H](OC(C)=O)[C@H](OC(C)=O)[C@H]5OC(C)=O)c(=O)c5c(O)c(OC)c6c(c(c1CC(C)=C6C(C)=O)c23)c54. The van der Waals surface area contributed by atoms with Crippen molar-refractivity contribution >= 4 is 102 Å². The molecule has 0 aromatic heterocycles. The van der Waals surface area contributed by atoms with E-state index >= 15 is 4.79 Å². The molecule has 0 radical (unpaired) electrons. The third-order valence-corrected chi connectivity index (χ3v) is 14.0. The monoisotopic (exact) mass is 1010 g/mol. The minimum Gasteiger partial charge on any atom is -0.504 e. The van der Waals surface area contributed by atoms with Gasteiger partial charge >= 0.3 is 23.9 Å². The zero-order valence-corrected chi connectivity index (χ0v) is 41.4. The number of benzene rings is 5. The first-order valence-corrected chi connectivity index (χ1v) is 23.6. The van der Waals surface area contributed by atoms with Gasteiger partial charge in [-0.25, -0.2) is 0 Å². The number of hydrogen-bond donors (Lipinski definition) is 3. The molecule has 5 aromatic carbocycles. The zero-order chi connectivity index (χ0) is 51.2. The minimum atomic E-state index is -1.54. The number of hydrogen-bond acceptors (Lipinski definition) is 22. The fourth-order valence-corrected chi connectivity index (χ4v) is 11.4. The zero-order valence-electron chi connectivity index (χ0n) is 39.7.